The Labute approximate surface area is 192 Å². The molecule has 1 N–H and O–H groups in total. The average molecular weight is 438 g/mol. The summed E-state index contributed by atoms with van der Waals surface area (Å²) in [6, 6.07) is 2.09. The number of carbonyl (C=O) groups is 1. The van der Waals surface area contributed by atoms with Crippen LogP contribution < -0.4 is 0 Å². The number of nitrogens with zero attached hydrogens (tertiary/aromatic N) is 3. The van der Waals surface area contributed by atoms with E-state index in [0.717, 1.165) is 42.4 Å². The third-order valence-corrected chi connectivity index (χ3v) is 10.5. The summed E-state index contributed by atoms with van der Waals surface area (Å²) in [6.45, 7) is 6.95. The van der Waals surface area contributed by atoms with Crippen LogP contribution in [-0.2, 0) is 11.3 Å². The number of fused-ring (bicyclic) bond motifs is 5. The second kappa shape index (κ2) is 7.97. The molecule has 0 aromatic carbocycles. The Morgan fingerprint density at radius 1 is 1.19 bits per heavy atom. The van der Waals surface area contributed by atoms with Gasteiger partial charge in [0.05, 0.1) is 23.9 Å². The summed E-state index contributed by atoms with van der Waals surface area (Å²) in [7, 11) is 0. The summed E-state index contributed by atoms with van der Waals surface area (Å²) in [4.78, 5) is 13.2. The fraction of sp³-hybridized carbons (Fsp3) is 0.815. The van der Waals surface area contributed by atoms with Crippen molar-refractivity contribution in [2.75, 3.05) is 0 Å². The monoisotopic (exact) mass is 437 g/mol. The van der Waals surface area contributed by atoms with E-state index in [-0.39, 0.29) is 23.7 Å². The summed E-state index contributed by atoms with van der Waals surface area (Å²) < 4.78 is 1.63. The highest BCUT2D eigenvalue weighted by atomic mass is 16.3. The number of carbonyl (C=O) groups excluding carboxylic acids is 1. The summed E-state index contributed by atoms with van der Waals surface area (Å²) in [5.41, 5.74) is 0.329. The minimum Gasteiger partial charge on any atom is -0.390 e. The molecule has 0 spiro atoms. The second-order valence-electron chi connectivity index (χ2n) is 12.2. The van der Waals surface area contributed by atoms with Crippen LogP contribution in [-0.4, -0.2) is 26.3 Å². The standard InChI is InChI=1S/C27H39N3O2/c1-17(25(31)16-30-15-18(13-28)14-29-30)23-6-7-24-22-5-4-19-12-26(2,32)10-8-20(19)21(22)9-11-27(23,24)3/h14-15,17,19-24,32H,4-12,16H2,1-3H3/t17-,19+,20-,21+,22+,23+,24-,26+,27+/m0/s1. The van der Waals surface area contributed by atoms with Gasteiger partial charge in [0.1, 0.15) is 6.07 Å². The molecular weight excluding hydrogens is 398 g/mol. The molecule has 5 nitrogen and oxygen atoms in total. The van der Waals surface area contributed by atoms with Gasteiger partial charge < -0.3 is 5.11 Å². The number of aliphatic hydroxyl groups is 1. The molecule has 32 heavy (non-hydrogen) atoms. The highest BCUT2D eigenvalue weighted by Crippen LogP contribution is 2.65. The molecular formula is C27H39N3O2. The SMILES string of the molecule is C[C@H](C(=O)Cn1cc(C#N)cn1)[C@H]1CC[C@H]2[C@@H]3CC[C@@H]4C[C@](C)(O)CC[C@@H]4[C@H]3CC[C@]12C. The van der Waals surface area contributed by atoms with E-state index in [1.165, 1.54) is 51.1 Å². The van der Waals surface area contributed by atoms with Crippen LogP contribution in [0.3, 0.4) is 0 Å². The molecule has 4 aliphatic carbocycles. The number of nitriles is 1. The molecule has 0 radical (unpaired) electrons. The van der Waals surface area contributed by atoms with Gasteiger partial charge in [-0.15, -0.1) is 0 Å². The van der Waals surface area contributed by atoms with Crippen molar-refractivity contribution in [1.82, 2.24) is 9.78 Å². The van der Waals surface area contributed by atoms with Crippen LogP contribution >= 0.6 is 0 Å². The van der Waals surface area contributed by atoms with E-state index in [9.17, 15) is 9.90 Å². The molecule has 0 saturated heterocycles. The third kappa shape index (κ3) is 3.63. The van der Waals surface area contributed by atoms with Gasteiger partial charge in [-0.25, -0.2) is 0 Å². The van der Waals surface area contributed by atoms with Gasteiger partial charge in [0.2, 0.25) is 0 Å². The molecule has 4 aliphatic rings. The number of ketones is 1. The van der Waals surface area contributed by atoms with E-state index in [0.29, 0.717) is 11.5 Å². The van der Waals surface area contributed by atoms with Gasteiger partial charge in [0.15, 0.2) is 5.78 Å². The van der Waals surface area contributed by atoms with Crippen LogP contribution in [0.15, 0.2) is 12.4 Å². The first-order valence-electron chi connectivity index (χ1n) is 12.9. The lowest BCUT2D eigenvalue weighted by Gasteiger charge is -2.57. The lowest BCUT2D eigenvalue weighted by molar-refractivity contribution is -0.129. The molecule has 9 atom stereocenters. The normalized spacial score (nSPS) is 44.1. The van der Waals surface area contributed by atoms with E-state index in [2.05, 4.69) is 25.0 Å². The lowest BCUT2D eigenvalue weighted by atomic mass is 9.48. The van der Waals surface area contributed by atoms with Crippen molar-refractivity contribution in [3.63, 3.8) is 0 Å². The predicted octanol–water partition coefficient (Wildman–Crippen LogP) is 4.98. The number of Topliss-reactive ketones (excluding diaryl/α,β-unsaturated/α-hetero) is 1. The van der Waals surface area contributed by atoms with Crippen molar-refractivity contribution in [3.8, 4) is 6.07 Å². The number of aromatic nitrogens is 2. The van der Waals surface area contributed by atoms with Gasteiger partial charge >= 0.3 is 0 Å². The molecule has 5 heteroatoms. The zero-order valence-corrected chi connectivity index (χ0v) is 20.0. The smallest absolute Gasteiger partial charge is 0.157 e. The van der Waals surface area contributed by atoms with E-state index in [1.807, 2.05) is 6.92 Å². The van der Waals surface area contributed by atoms with Crippen LogP contribution in [0.25, 0.3) is 0 Å². The van der Waals surface area contributed by atoms with Gasteiger partial charge in [-0.2, -0.15) is 10.4 Å². The fourth-order valence-corrected chi connectivity index (χ4v) is 8.98. The minimum absolute atomic E-state index is 0.0393. The third-order valence-electron chi connectivity index (χ3n) is 10.5. The zero-order valence-electron chi connectivity index (χ0n) is 20.0. The average Bonchev–Trinajstić information content (AvgIpc) is 3.35. The molecule has 5 rings (SSSR count). The number of rotatable bonds is 4. The maximum atomic E-state index is 13.2. The summed E-state index contributed by atoms with van der Waals surface area (Å²) in [6.07, 6.45) is 14.0. The topological polar surface area (TPSA) is 78.9 Å². The largest absolute Gasteiger partial charge is 0.390 e. The molecule has 4 saturated carbocycles. The molecule has 0 amide bonds. The van der Waals surface area contributed by atoms with Crippen LogP contribution in [0.4, 0.5) is 0 Å². The van der Waals surface area contributed by atoms with Crippen LogP contribution in [0, 0.1) is 58.2 Å². The first-order valence-corrected chi connectivity index (χ1v) is 12.9. The summed E-state index contributed by atoms with van der Waals surface area (Å²) in [5, 5.41) is 23.8. The van der Waals surface area contributed by atoms with Crippen molar-refractivity contribution in [3.05, 3.63) is 18.0 Å². The first-order chi connectivity index (χ1) is 15.2. The Hall–Kier alpha value is -1.67. The number of hydrogen-bond acceptors (Lipinski definition) is 4. The van der Waals surface area contributed by atoms with Gasteiger partial charge in [-0.3, -0.25) is 9.48 Å². The minimum atomic E-state index is -0.450. The zero-order chi connectivity index (χ0) is 22.7. The Bertz CT molecular complexity index is 914. The molecule has 4 fully saturated rings. The van der Waals surface area contributed by atoms with Crippen LogP contribution in [0.1, 0.15) is 84.1 Å². The van der Waals surface area contributed by atoms with Crippen LogP contribution in [0.2, 0.25) is 0 Å². The molecule has 0 aliphatic heterocycles. The van der Waals surface area contributed by atoms with Crippen molar-refractivity contribution in [2.45, 2.75) is 90.7 Å². The first kappa shape index (κ1) is 22.1. The quantitative estimate of drug-likeness (QED) is 0.720. The van der Waals surface area contributed by atoms with Gasteiger partial charge in [-0.05, 0) is 106 Å². The Kier molecular flexibility index (Phi) is 5.52. The van der Waals surface area contributed by atoms with E-state index < -0.39 is 5.60 Å². The summed E-state index contributed by atoms with van der Waals surface area (Å²) in [5.74, 6) is 4.68. The van der Waals surface area contributed by atoms with E-state index >= 15 is 0 Å². The molecule has 1 aromatic rings. The Morgan fingerprint density at radius 2 is 1.97 bits per heavy atom. The summed E-state index contributed by atoms with van der Waals surface area (Å²) >= 11 is 0. The number of hydrogen-bond donors (Lipinski definition) is 1. The van der Waals surface area contributed by atoms with Gasteiger partial charge in [-0.1, -0.05) is 13.8 Å². The lowest BCUT2D eigenvalue weighted by Crippen LogP contribution is -2.51. The van der Waals surface area contributed by atoms with Gasteiger partial charge in [0, 0.05) is 12.1 Å². The maximum Gasteiger partial charge on any atom is 0.157 e. The molecule has 174 valence electrons. The molecule has 0 bridgehead atoms. The fourth-order valence-electron chi connectivity index (χ4n) is 8.98. The van der Waals surface area contributed by atoms with Crippen molar-refractivity contribution < 1.29 is 9.90 Å². The Balaban J connectivity index is 1.28. The highest BCUT2D eigenvalue weighted by Gasteiger charge is 2.58. The molecule has 1 heterocycles. The van der Waals surface area contributed by atoms with Crippen LogP contribution in [0.5, 0.6) is 0 Å². The van der Waals surface area contributed by atoms with Crippen molar-refractivity contribution in [2.24, 2.45) is 46.8 Å². The van der Waals surface area contributed by atoms with E-state index in [4.69, 9.17) is 5.26 Å². The van der Waals surface area contributed by atoms with Crippen molar-refractivity contribution in [1.29, 1.82) is 5.26 Å². The molecule has 1 aromatic heterocycles. The van der Waals surface area contributed by atoms with Gasteiger partial charge in [0.25, 0.3) is 0 Å². The predicted molar refractivity (Wildman–Crippen MR) is 122 cm³/mol. The van der Waals surface area contributed by atoms with E-state index in [1.54, 1.807) is 10.9 Å². The highest BCUT2D eigenvalue weighted by molar-refractivity contribution is 5.80. The maximum absolute atomic E-state index is 13.2. The second-order valence-corrected chi connectivity index (χ2v) is 12.2. The molecule has 0 unspecified atom stereocenters. The Morgan fingerprint density at radius 3 is 2.72 bits per heavy atom. The van der Waals surface area contributed by atoms with Crippen molar-refractivity contribution >= 4 is 5.78 Å².